The molecule has 0 aliphatic heterocycles. The van der Waals surface area contributed by atoms with E-state index in [1.165, 1.54) is 12.8 Å². The van der Waals surface area contributed by atoms with Crippen LogP contribution in [0.25, 0.3) is 0 Å². The van der Waals surface area contributed by atoms with Crippen molar-refractivity contribution >= 4 is 11.6 Å². The van der Waals surface area contributed by atoms with Crippen LogP contribution in [0, 0.1) is 6.07 Å². The highest BCUT2D eigenvalue weighted by Gasteiger charge is 2.25. The maximum atomic E-state index is 9.02. The van der Waals surface area contributed by atoms with Crippen molar-refractivity contribution in [1.82, 2.24) is 0 Å². The van der Waals surface area contributed by atoms with E-state index in [0.717, 1.165) is 5.56 Å². The van der Waals surface area contributed by atoms with Gasteiger partial charge in [-0.05, 0) is 42.5 Å². The van der Waals surface area contributed by atoms with Crippen molar-refractivity contribution in [2.45, 2.75) is 18.8 Å². The minimum Gasteiger partial charge on any atom is -0.508 e. The molecule has 0 spiro atoms. The molecule has 11 heavy (non-hydrogen) atoms. The lowest BCUT2D eigenvalue weighted by Crippen LogP contribution is -1.80. The average Bonchev–Trinajstić information content (AvgIpc) is 2.70. The minimum atomic E-state index is 0.194. The maximum Gasteiger partial charge on any atom is 0.117 e. The topological polar surface area (TPSA) is 20.2 Å². The van der Waals surface area contributed by atoms with Crippen molar-refractivity contribution in [1.29, 1.82) is 0 Å². The van der Waals surface area contributed by atoms with Crippen LogP contribution in [0.1, 0.15) is 24.3 Å². The van der Waals surface area contributed by atoms with Crippen LogP contribution in [0.2, 0.25) is 5.02 Å². The second-order valence-corrected chi connectivity index (χ2v) is 3.30. The number of halogens is 1. The third kappa shape index (κ3) is 1.33. The Balaban J connectivity index is 2.39. The molecule has 0 bridgehead atoms. The molecule has 57 valence electrons. The summed E-state index contributed by atoms with van der Waals surface area (Å²) < 4.78 is 0. The van der Waals surface area contributed by atoms with Gasteiger partial charge in [-0.1, -0.05) is 11.6 Å². The molecule has 0 unspecified atom stereocenters. The van der Waals surface area contributed by atoms with E-state index in [2.05, 4.69) is 6.07 Å². The van der Waals surface area contributed by atoms with Crippen LogP contribution < -0.4 is 0 Å². The number of aromatic hydroxyl groups is 1. The molecule has 0 heterocycles. The smallest absolute Gasteiger partial charge is 0.117 e. The Morgan fingerprint density at radius 1 is 1.55 bits per heavy atom. The van der Waals surface area contributed by atoms with Crippen LogP contribution in [0.15, 0.2) is 12.1 Å². The first-order chi connectivity index (χ1) is 5.27. The van der Waals surface area contributed by atoms with E-state index < -0.39 is 0 Å². The Morgan fingerprint density at radius 3 is 2.82 bits per heavy atom. The summed E-state index contributed by atoms with van der Waals surface area (Å²) in [6.07, 6.45) is 2.42. The van der Waals surface area contributed by atoms with E-state index in [1.807, 2.05) is 0 Å². The van der Waals surface area contributed by atoms with Crippen molar-refractivity contribution in [3.63, 3.8) is 0 Å². The van der Waals surface area contributed by atoms with Gasteiger partial charge in [0.15, 0.2) is 0 Å². The summed E-state index contributed by atoms with van der Waals surface area (Å²) in [6, 6.07) is 6.13. The van der Waals surface area contributed by atoms with Crippen LogP contribution in [0.4, 0.5) is 0 Å². The zero-order chi connectivity index (χ0) is 7.84. The largest absolute Gasteiger partial charge is 0.508 e. The summed E-state index contributed by atoms with van der Waals surface area (Å²) in [5.74, 6) is 0.794. The Hall–Kier alpha value is -0.690. The summed E-state index contributed by atoms with van der Waals surface area (Å²) in [5, 5.41) is 9.67. The second-order valence-electron chi connectivity index (χ2n) is 2.89. The Kier molecular flexibility index (Phi) is 1.53. The van der Waals surface area contributed by atoms with Crippen LogP contribution in [0.3, 0.4) is 0 Å². The Labute approximate surface area is 70.6 Å². The highest BCUT2D eigenvalue weighted by molar-refractivity contribution is 6.31. The maximum absolute atomic E-state index is 9.02. The molecule has 2 heteroatoms. The van der Waals surface area contributed by atoms with Gasteiger partial charge in [-0.15, -0.1) is 0 Å². The number of phenols is 1. The molecule has 0 amide bonds. The van der Waals surface area contributed by atoms with Gasteiger partial charge in [0.2, 0.25) is 0 Å². The van der Waals surface area contributed by atoms with E-state index in [-0.39, 0.29) is 5.75 Å². The zero-order valence-electron chi connectivity index (χ0n) is 5.97. The lowest BCUT2D eigenvalue weighted by atomic mass is 10.1. The molecule has 1 aliphatic rings. The first-order valence-corrected chi connectivity index (χ1v) is 4.05. The molecule has 1 radical (unpaired) electrons. The highest BCUT2D eigenvalue weighted by Crippen LogP contribution is 2.43. The van der Waals surface area contributed by atoms with Crippen LogP contribution >= 0.6 is 11.6 Å². The van der Waals surface area contributed by atoms with E-state index in [4.69, 9.17) is 16.7 Å². The van der Waals surface area contributed by atoms with Gasteiger partial charge in [0.05, 0.1) is 0 Å². The van der Waals surface area contributed by atoms with Crippen LogP contribution in [-0.4, -0.2) is 5.11 Å². The van der Waals surface area contributed by atoms with E-state index in [1.54, 1.807) is 12.1 Å². The normalized spacial score (nSPS) is 16.8. The van der Waals surface area contributed by atoms with E-state index in [9.17, 15) is 0 Å². The number of phenolic OH excluding ortho intramolecular Hbond substituents is 1. The molecular formula is C9H8ClO. The van der Waals surface area contributed by atoms with Gasteiger partial charge in [-0.25, -0.2) is 0 Å². The average molecular weight is 168 g/mol. The molecule has 0 aromatic heterocycles. The van der Waals surface area contributed by atoms with Crippen molar-refractivity contribution in [2.75, 3.05) is 0 Å². The van der Waals surface area contributed by atoms with Crippen molar-refractivity contribution in [3.8, 4) is 5.75 Å². The third-order valence-electron chi connectivity index (χ3n) is 1.89. The first kappa shape index (κ1) is 6.99. The lowest BCUT2D eigenvalue weighted by molar-refractivity contribution is 0.475. The molecule has 1 aliphatic carbocycles. The van der Waals surface area contributed by atoms with Gasteiger partial charge < -0.3 is 5.11 Å². The zero-order valence-corrected chi connectivity index (χ0v) is 6.73. The van der Waals surface area contributed by atoms with Gasteiger partial charge >= 0.3 is 0 Å². The minimum absolute atomic E-state index is 0.194. The molecular weight excluding hydrogens is 160 g/mol. The summed E-state index contributed by atoms with van der Waals surface area (Å²) >= 11 is 5.87. The van der Waals surface area contributed by atoms with Crippen LogP contribution in [0.5, 0.6) is 5.75 Å². The number of hydrogen-bond acceptors (Lipinski definition) is 1. The third-order valence-corrected chi connectivity index (χ3v) is 2.21. The lowest BCUT2D eigenvalue weighted by Gasteiger charge is -2.00. The Morgan fingerprint density at radius 2 is 2.27 bits per heavy atom. The van der Waals surface area contributed by atoms with E-state index >= 15 is 0 Å². The molecule has 1 N–H and O–H groups in total. The fraction of sp³-hybridized carbons (Fsp3) is 0.333. The van der Waals surface area contributed by atoms with Crippen molar-refractivity contribution in [3.05, 3.63) is 28.8 Å². The van der Waals surface area contributed by atoms with Gasteiger partial charge in [0.1, 0.15) is 5.75 Å². The van der Waals surface area contributed by atoms with Gasteiger partial charge in [-0.3, -0.25) is 0 Å². The van der Waals surface area contributed by atoms with Crippen LogP contribution in [-0.2, 0) is 0 Å². The molecule has 0 atom stereocenters. The summed E-state index contributed by atoms with van der Waals surface area (Å²) in [4.78, 5) is 0. The molecule has 1 saturated carbocycles. The van der Waals surface area contributed by atoms with Crippen molar-refractivity contribution in [2.24, 2.45) is 0 Å². The first-order valence-electron chi connectivity index (χ1n) is 3.67. The second kappa shape index (κ2) is 2.42. The van der Waals surface area contributed by atoms with Gasteiger partial charge in [0.25, 0.3) is 0 Å². The molecule has 1 aromatic carbocycles. The summed E-state index contributed by atoms with van der Waals surface area (Å²) in [6.45, 7) is 0. The molecule has 2 rings (SSSR count). The predicted molar refractivity (Wildman–Crippen MR) is 43.9 cm³/mol. The number of benzene rings is 1. The predicted octanol–water partition coefficient (Wildman–Crippen LogP) is 2.72. The van der Waals surface area contributed by atoms with Crippen molar-refractivity contribution < 1.29 is 5.11 Å². The number of hydrogen-bond donors (Lipinski definition) is 1. The molecule has 1 fully saturated rings. The summed E-state index contributed by atoms with van der Waals surface area (Å²) in [5.41, 5.74) is 1.06. The molecule has 0 saturated heterocycles. The van der Waals surface area contributed by atoms with Gasteiger partial charge in [-0.2, -0.15) is 0 Å². The highest BCUT2D eigenvalue weighted by atomic mass is 35.5. The Bertz CT molecular complexity index is 279. The molecule has 1 aromatic rings. The number of rotatable bonds is 1. The standard InChI is InChI=1S/C9H8ClO/c10-9-5-7(11)3-4-8(9)6-1-2-6/h3,5-6,11H,1-2H2. The fourth-order valence-electron chi connectivity index (χ4n) is 1.15. The summed E-state index contributed by atoms with van der Waals surface area (Å²) in [7, 11) is 0. The molecule has 1 nitrogen and oxygen atoms in total. The SMILES string of the molecule is Oc1c[c]c(C2CC2)c(Cl)c1. The quantitative estimate of drug-likeness (QED) is 0.682. The fourth-order valence-corrected chi connectivity index (χ4v) is 1.48. The van der Waals surface area contributed by atoms with Gasteiger partial charge in [0, 0.05) is 5.02 Å². The van der Waals surface area contributed by atoms with E-state index in [0.29, 0.717) is 10.9 Å². The monoisotopic (exact) mass is 167 g/mol.